The summed E-state index contributed by atoms with van der Waals surface area (Å²) in [4.78, 5) is 41.7. The van der Waals surface area contributed by atoms with Gasteiger partial charge < -0.3 is 10.3 Å². The third-order valence-electron chi connectivity index (χ3n) is 3.21. The molecule has 0 atom stereocenters. The normalized spacial score (nSPS) is 10.7. The van der Waals surface area contributed by atoms with Crippen LogP contribution >= 0.6 is 11.8 Å². The predicted molar refractivity (Wildman–Crippen MR) is 90.3 cm³/mol. The number of aromatic amines is 2. The van der Waals surface area contributed by atoms with Crippen LogP contribution in [0.4, 0.5) is 5.69 Å². The van der Waals surface area contributed by atoms with Gasteiger partial charge in [-0.1, -0.05) is 11.8 Å². The van der Waals surface area contributed by atoms with E-state index in [0.29, 0.717) is 27.4 Å². The number of Topliss-reactive ketones (excluding diaryl/α,β-unsaturated/α-hetero) is 1. The van der Waals surface area contributed by atoms with E-state index in [2.05, 4.69) is 25.5 Å². The van der Waals surface area contributed by atoms with Crippen LogP contribution in [0.15, 0.2) is 40.4 Å². The molecule has 9 heteroatoms. The molecule has 1 amide bonds. The van der Waals surface area contributed by atoms with Crippen molar-refractivity contribution in [3.8, 4) is 0 Å². The van der Waals surface area contributed by atoms with Gasteiger partial charge in [0, 0.05) is 11.3 Å². The number of hydrogen-bond donors (Lipinski definition) is 3. The molecule has 2 aromatic heterocycles. The van der Waals surface area contributed by atoms with E-state index in [9.17, 15) is 14.4 Å². The second kappa shape index (κ2) is 6.67. The Morgan fingerprint density at radius 3 is 2.71 bits per heavy atom. The van der Waals surface area contributed by atoms with E-state index in [1.54, 1.807) is 24.3 Å². The molecule has 0 aliphatic heterocycles. The number of thioether (sulfide) groups is 1. The molecule has 24 heavy (non-hydrogen) atoms. The number of carbonyl (C=O) groups excluding carboxylic acids is 2. The zero-order valence-electron chi connectivity index (χ0n) is 12.6. The highest BCUT2D eigenvalue weighted by atomic mass is 32.2. The van der Waals surface area contributed by atoms with Gasteiger partial charge >= 0.3 is 0 Å². The number of aromatic nitrogens is 4. The maximum absolute atomic E-state index is 12.0. The Morgan fingerprint density at radius 2 is 2.00 bits per heavy atom. The molecule has 122 valence electrons. The van der Waals surface area contributed by atoms with Crippen molar-refractivity contribution in [2.75, 3.05) is 11.1 Å². The van der Waals surface area contributed by atoms with Crippen molar-refractivity contribution in [1.82, 2.24) is 20.2 Å². The number of carbonyl (C=O) groups is 2. The Kier molecular flexibility index (Phi) is 4.43. The third-order valence-corrected chi connectivity index (χ3v) is 4.09. The van der Waals surface area contributed by atoms with Gasteiger partial charge in [0.05, 0.1) is 11.9 Å². The molecule has 0 aliphatic rings. The molecule has 0 spiro atoms. The van der Waals surface area contributed by atoms with Crippen LogP contribution in [-0.2, 0) is 4.79 Å². The van der Waals surface area contributed by atoms with E-state index in [1.807, 2.05) is 0 Å². The Hall–Kier alpha value is -2.94. The number of ketones is 1. The van der Waals surface area contributed by atoms with Crippen LogP contribution in [0.1, 0.15) is 17.3 Å². The zero-order valence-corrected chi connectivity index (χ0v) is 13.4. The standard InChI is InChI=1S/C15H13N5O3S/c1-8(21)9-2-4-10(5-3-9)17-12(22)7-24-15-18-13-11(6-16-20-13)14(23)19-15/h2-6H,7H2,1H3,(H,17,22)(H2,16,18,19,20,23). The number of anilines is 1. The quantitative estimate of drug-likeness (QED) is 0.367. The van der Waals surface area contributed by atoms with Crippen molar-refractivity contribution in [1.29, 1.82) is 0 Å². The Labute approximate surface area is 140 Å². The molecule has 0 saturated carbocycles. The van der Waals surface area contributed by atoms with E-state index >= 15 is 0 Å². The summed E-state index contributed by atoms with van der Waals surface area (Å²) in [6, 6.07) is 6.62. The molecule has 0 unspecified atom stereocenters. The van der Waals surface area contributed by atoms with Crippen molar-refractivity contribution in [2.24, 2.45) is 0 Å². The summed E-state index contributed by atoms with van der Waals surface area (Å²) in [5.41, 5.74) is 1.24. The van der Waals surface area contributed by atoms with Gasteiger partial charge in [0.15, 0.2) is 16.6 Å². The number of nitrogens with one attached hydrogen (secondary N) is 3. The highest BCUT2D eigenvalue weighted by Gasteiger charge is 2.09. The molecule has 2 heterocycles. The van der Waals surface area contributed by atoms with Crippen LogP contribution in [0.3, 0.4) is 0 Å². The SMILES string of the molecule is CC(=O)c1ccc(NC(=O)CSc2nc3[nH]ncc3c(=O)[nH]2)cc1. The predicted octanol–water partition coefficient (Wildman–Crippen LogP) is 1.58. The zero-order chi connectivity index (χ0) is 17.1. The van der Waals surface area contributed by atoms with E-state index in [0.717, 1.165) is 11.8 Å². The molecule has 0 aliphatic carbocycles. The Bertz CT molecular complexity index is 961. The molecular weight excluding hydrogens is 330 g/mol. The van der Waals surface area contributed by atoms with Gasteiger partial charge in [-0.3, -0.25) is 19.5 Å². The second-order valence-electron chi connectivity index (χ2n) is 4.97. The lowest BCUT2D eigenvalue weighted by molar-refractivity contribution is -0.113. The summed E-state index contributed by atoms with van der Waals surface area (Å²) in [5.74, 6) is -0.201. The van der Waals surface area contributed by atoms with Crippen LogP contribution in [0, 0.1) is 0 Å². The second-order valence-corrected chi connectivity index (χ2v) is 5.94. The first-order valence-corrected chi connectivity index (χ1v) is 7.98. The van der Waals surface area contributed by atoms with Gasteiger partial charge in [0.1, 0.15) is 5.39 Å². The number of nitrogens with zero attached hydrogens (tertiary/aromatic N) is 2. The fourth-order valence-electron chi connectivity index (χ4n) is 2.01. The summed E-state index contributed by atoms with van der Waals surface area (Å²) >= 11 is 1.11. The molecular formula is C15H13N5O3S. The van der Waals surface area contributed by atoms with Gasteiger partial charge in [-0.25, -0.2) is 4.98 Å². The number of benzene rings is 1. The van der Waals surface area contributed by atoms with Crippen LogP contribution in [0.25, 0.3) is 11.0 Å². The number of amides is 1. The highest BCUT2D eigenvalue weighted by molar-refractivity contribution is 7.99. The molecule has 0 bridgehead atoms. The highest BCUT2D eigenvalue weighted by Crippen LogP contribution is 2.15. The first-order valence-electron chi connectivity index (χ1n) is 7.00. The van der Waals surface area contributed by atoms with Crippen LogP contribution in [0.5, 0.6) is 0 Å². The van der Waals surface area contributed by atoms with Gasteiger partial charge in [-0.15, -0.1) is 0 Å². The number of rotatable bonds is 5. The summed E-state index contributed by atoms with van der Waals surface area (Å²) in [7, 11) is 0. The molecule has 3 aromatic rings. The van der Waals surface area contributed by atoms with Gasteiger partial charge in [-0.2, -0.15) is 5.10 Å². The number of fused-ring (bicyclic) bond motifs is 1. The number of H-pyrrole nitrogens is 2. The fraction of sp³-hybridized carbons (Fsp3) is 0.133. The topological polar surface area (TPSA) is 121 Å². The Balaban J connectivity index is 1.62. The molecule has 0 saturated heterocycles. The monoisotopic (exact) mass is 343 g/mol. The summed E-state index contributed by atoms with van der Waals surface area (Å²) < 4.78 is 0. The lowest BCUT2D eigenvalue weighted by Crippen LogP contribution is -2.15. The maximum atomic E-state index is 12.0. The third kappa shape index (κ3) is 3.51. The van der Waals surface area contributed by atoms with Crippen molar-refractivity contribution in [2.45, 2.75) is 12.1 Å². The molecule has 3 rings (SSSR count). The summed E-state index contributed by atoms with van der Waals surface area (Å²) in [6.07, 6.45) is 1.40. The molecule has 0 fully saturated rings. The van der Waals surface area contributed by atoms with E-state index in [-0.39, 0.29) is 23.0 Å². The molecule has 8 nitrogen and oxygen atoms in total. The minimum Gasteiger partial charge on any atom is -0.325 e. The first kappa shape index (κ1) is 15.9. The van der Waals surface area contributed by atoms with Gasteiger partial charge in [0.2, 0.25) is 5.91 Å². The largest absolute Gasteiger partial charge is 0.325 e. The van der Waals surface area contributed by atoms with Crippen LogP contribution < -0.4 is 10.9 Å². The summed E-state index contributed by atoms with van der Waals surface area (Å²) in [5, 5.41) is 9.79. The first-order chi connectivity index (χ1) is 11.5. The van der Waals surface area contributed by atoms with Crippen LogP contribution in [0.2, 0.25) is 0 Å². The summed E-state index contributed by atoms with van der Waals surface area (Å²) in [6.45, 7) is 1.48. The fourth-order valence-corrected chi connectivity index (χ4v) is 2.67. The average molecular weight is 343 g/mol. The molecule has 1 aromatic carbocycles. The smallest absolute Gasteiger partial charge is 0.262 e. The maximum Gasteiger partial charge on any atom is 0.262 e. The van der Waals surface area contributed by atoms with Gasteiger partial charge in [0.25, 0.3) is 5.56 Å². The molecule has 0 radical (unpaired) electrons. The van der Waals surface area contributed by atoms with Crippen molar-refractivity contribution in [3.63, 3.8) is 0 Å². The van der Waals surface area contributed by atoms with E-state index in [4.69, 9.17) is 0 Å². The van der Waals surface area contributed by atoms with Crippen molar-refractivity contribution >= 4 is 40.2 Å². The average Bonchev–Trinajstić information content (AvgIpc) is 3.02. The molecule has 3 N–H and O–H groups in total. The van der Waals surface area contributed by atoms with E-state index < -0.39 is 0 Å². The lowest BCUT2D eigenvalue weighted by Gasteiger charge is -2.05. The number of hydrogen-bond acceptors (Lipinski definition) is 6. The van der Waals surface area contributed by atoms with E-state index in [1.165, 1.54) is 13.1 Å². The Morgan fingerprint density at radius 1 is 1.25 bits per heavy atom. The van der Waals surface area contributed by atoms with Crippen molar-refractivity contribution < 1.29 is 9.59 Å². The minimum atomic E-state index is -0.309. The minimum absolute atomic E-state index is 0.0346. The lowest BCUT2D eigenvalue weighted by atomic mass is 10.1. The van der Waals surface area contributed by atoms with Crippen molar-refractivity contribution in [3.05, 3.63) is 46.4 Å². The van der Waals surface area contributed by atoms with Gasteiger partial charge in [-0.05, 0) is 31.2 Å². The van der Waals surface area contributed by atoms with Crippen LogP contribution in [-0.4, -0.2) is 37.6 Å².